The Kier molecular flexibility index (Phi) is 5.11. The van der Waals surface area contributed by atoms with Crippen LogP contribution in [-0.2, 0) is 6.73 Å². The minimum absolute atomic E-state index is 0.0649. The molecule has 0 saturated carbocycles. The highest BCUT2D eigenvalue weighted by molar-refractivity contribution is 6.42. The van der Waals surface area contributed by atoms with E-state index in [0.29, 0.717) is 21.5 Å². The molecule has 0 fully saturated rings. The van der Waals surface area contributed by atoms with Crippen LogP contribution in [-0.4, -0.2) is 20.8 Å². The number of aromatic nitrogens is 2. The zero-order chi connectivity index (χ0) is 17.8. The first kappa shape index (κ1) is 17.1. The van der Waals surface area contributed by atoms with Crippen molar-refractivity contribution >= 4 is 34.8 Å². The second kappa shape index (κ2) is 7.46. The molecule has 1 aromatic heterocycles. The van der Waals surface area contributed by atoms with Crippen LogP contribution in [0.2, 0.25) is 10.0 Å². The van der Waals surface area contributed by atoms with Crippen LogP contribution in [0, 0.1) is 0 Å². The number of carbonyl (C=O) groups is 1. The summed E-state index contributed by atoms with van der Waals surface area (Å²) in [5.41, 5.74) is 0.686. The molecule has 0 spiro atoms. The molecule has 1 heterocycles. The minimum Gasteiger partial charge on any atom is -0.508 e. The summed E-state index contributed by atoms with van der Waals surface area (Å²) < 4.78 is 7.00. The molecule has 0 unspecified atom stereocenters. The molecule has 25 heavy (non-hydrogen) atoms. The molecule has 0 aliphatic rings. The number of anilines is 1. The SMILES string of the molecule is O=C(Nc1cccc(O)c1)c1ccn(COc2cccc(Cl)c2Cl)n1. The van der Waals surface area contributed by atoms with Crippen LogP contribution in [0.4, 0.5) is 5.69 Å². The molecule has 0 radical (unpaired) electrons. The second-order valence-corrected chi connectivity index (χ2v) is 5.86. The van der Waals surface area contributed by atoms with Crippen molar-refractivity contribution in [1.29, 1.82) is 0 Å². The summed E-state index contributed by atoms with van der Waals surface area (Å²) in [5, 5.41) is 16.9. The highest BCUT2D eigenvalue weighted by atomic mass is 35.5. The van der Waals surface area contributed by atoms with Crippen molar-refractivity contribution in [2.75, 3.05) is 5.32 Å². The molecular weight excluding hydrogens is 365 g/mol. The largest absolute Gasteiger partial charge is 0.508 e. The number of amides is 1. The van der Waals surface area contributed by atoms with Crippen LogP contribution in [0.25, 0.3) is 0 Å². The Morgan fingerprint density at radius 3 is 2.80 bits per heavy atom. The van der Waals surface area contributed by atoms with Gasteiger partial charge in [-0.2, -0.15) is 5.10 Å². The number of hydrogen-bond acceptors (Lipinski definition) is 4. The lowest BCUT2D eigenvalue weighted by molar-refractivity contribution is 0.102. The number of halogens is 2. The highest BCUT2D eigenvalue weighted by Crippen LogP contribution is 2.31. The summed E-state index contributed by atoms with van der Waals surface area (Å²) >= 11 is 12.0. The Morgan fingerprint density at radius 2 is 2.00 bits per heavy atom. The number of carbonyl (C=O) groups excluding carboxylic acids is 1. The van der Waals surface area contributed by atoms with Gasteiger partial charge in [0.15, 0.2) is 12.4 Å². The van der Waals surface area contributed by atoms with Crippen LogP contribution >= 0.6 is 23.2 Å². The van der Waals surface area contributed by atoms with Crippen LogP contribution in [0.5, 0.6) is 11.5 Å². The van der Waals surface area contributed by atoms with E-state index < -0.39 is 5.91 Å². The fourth-order valence-electron chi connectivity index (χ4n) is 2.06. The lowest BCUT2D eigenvalue weighted by Crippen LogP contribution is -2.14. The first-order valence-electron chi connectivity index (χ1n) is 7.23. The van der Waals surface area contributed by atoms with E-state index in [0.717, 1.165) is 0 Å². The van der Waals surface area contributed by atoms with Gasteiger partial charge < -0.3 is 15.2 Å². The third kappa shape index (κ3) is 4.23. The standard InChI is InChI=1S/C17H13Cl2N3O3/c18-13-5-2-6-15(16(13)19)25-10-22-8-7-14(21-22)17(24)20-11-3-1-4-12(23)9-11/h1-9,23H,10H2,(H,20,24). The van der Waals surface area contributed by atoms with Crippen LogP contribution in [0.1, 0.15) is 10.5 Å². The van der Waals surface area contributed by atoms with Gasteiger partial charge in [-0.25, -0.2) is 4.68 Å². The molecular formula is C17H13Cl2N3O3. The van der Waals surface area contributed by atoms with Gasteiger partial charge in [-0.3, -0.25) is 4.79 Å². The number of phenolic OH excluding ortho intramolecular Hbond substituents is 1. The van der Waals surface area contributed by atoms with Crippen molar-refractivity contribution in [3.63, 3.8) is 0 Å². The minimum atomic E-state index is -0.398. The molecule has 0 aliphatic heterocycles. The Bertz CT molecular complexity index is 912. The van der Waals surface area contributed by atoms with E-state index >= 15 is 0 Å². The number of rotatable bonds is 5. The summed E-state index contributed by atoms with van der Waals surface area (Å²) in [5.74, 6) is 0.0932. The molecule has 6 nitrogen and oxygen atoms in total. The monoisotopic (exact) mass is 377 g/mol. The highest BCUT2D eigenvalue weighted by Gasteiger charge is 2.11. The number of ether oxygens (including phenoxy) is 1. The molecule has 128 valence electrons. The topological polar surface area (TPSA) is 76.4 Å². The molecule has 0 bridgehead atoms. The fourth-order valence-corrected chi connectivity index (χ4v) is 2.41. The van der Waals surface area contributed by atoms with Gasteiger partial charge in [0.25, 0.3) is 5.91 Å². The van der Waals surface area contributed by atoms with E-state index in [1.54, 1.807) is 42.6 Å². The third-order valence-electron chi connectivity index (χ3n) is 3.25. The molecule has 0 aliphatic carbocycles. The normalized spacial score (nSPS) is 10.5. The van der Waals surface area contributed by atoms with E-state index in [1.807, 2.05) is 0 Å². The maximum Gasteiger partial charge on any atom is 0.276 e. The molecule has 8 heteroatoms. The van der Waals surface area contributed by atoms with Gasteiger partial charge in [-0.15, -0.1) is 0 Å². The molecule has 1 amide bonds. The van der Waals surface area contributed by atoms with E-state index in [4.69, 9.17) is 27.9 Å². The summed E-state index contributed by atoms with van der Waals surface area (Å²) in [6, 6.07) is 12.9. The van der Waals surface area contributed by atoms with Crippen molar-refractivity contribution in [2.45, 2.75) is 6.73 Å². The molecule has 3 aromatic rings. The van der Waals surface area contributed by atoms with E-state index in [9.17, 15) is 9.90 Å². The lowest BCUT2D eigenvalue weighted by Gasteiger charge is -2.08. The molecule has 3 rings (SSSR count). The summed E-state index contributed by atoms with van der Waals surface area (Å²) in [7, 11) is 0. The van der Waals surface area contributed by atoms with Crippen molar-refractivity contribution in [3.05, 3.63) is 70.5 Å². The Hall–Kier alpha value is -2.70. The van der Waals surface area contributed by atoms with Crippen molar-refractivity contribution in [3.8, 4) is 11.5 Å². The van der Waals surface area contributed by atoms with Gasteiger partial charge in [0.2, 0.25) is 0 Å². The van der Waals surface area contributed by atoms with Crippen molar-refractivity contribution < 1.29 is 14.6 Å². The van der Waals surface area contributed by atoms with Gasteiger partial charge in [-0.05, 0) is 30.3 Å². The zero-order valence-corrected chi connectivity index (χ0v) is 14.3. The molecule has 2 aromatic carbocycles. The third-order valence-corrected chi connectivity index (χ3v) is 4.05. The zero-order valence-electron chi connectivity index (χ0n) is 12.8. The maximum absolute atomic E-state index is 12.2. The Labute approximate surface area is 153 Å². The van der Waals surface area contributed by atoms with Crippen molar-refractivity contribution in [1.82, 2.24) is 9.78 Å². The van der Waals surface area contributed by atoms with Gasteiger partial charge in [0.1, 0.15) is 16.5 Å². The predicted octanol–water partition coefficient (Wildman–Crippen LogP) is 4.18. The number of hydrogen-bond donors (Lipinski definition) is 2. The second-order valence-electron chi connectivity index (χ2n) is 5.07. The lowest BCUT2D eigenvalue weighted by atomic mass is 10.3. The maximum atomic E-state index is 12.2. The first-order chi connectivity index (χ1) is 12.0. The van der Waals surface area contributed by atoms with Crippen LogP contribution in [0.3, 0.4) is 0 Å². The van der Waals surface area contributed by atoms with Crippen LogP contribution in [0.15, 0.2) is 54.7 Å². The van der Waals surface area contributed by atoms with Gasteiger partial charge in [0.05, 0.1) is 5.02 Å². The number of nitrogens with one attached hydrogen (secondary N) is 1. The predicted molar refractivity (Wildman–Crippen MR) is 95.4 cm³/mol. The molecule has 0 atom stereocenters. The quantitative estimate of drug-likeness (QED) is 0.698. The Balaban J connectivity index is 1.64. The summed E-state index contributed by atoms with van der Waals surface area (Å²) in [6.07, 6.45) is 1.61. The van der Waals surface area contributed by atoms with Crippen LogP contribution < -0.4 is 10.1 Å². The van der Waals surface area contributed by atoms with Gasteiger partial charge in [0, 0.05) is 18.0 Å². The summed E-state index contributed by atoms with van der Waals surface area (Å²) in [4.78, 5) is 12.2. The molecule has 2 N–H and O–H groups in total. The number of aromatic hydroxyl groups is 1. The average Bonchev–Trinajstić information content (AvgIpc) is 3.05. The first-order valence-corrected chi connectivity index (χ1v) is 7.99. The Morgan fingerprint density at radius 1 is 1.20 bits per heavy atom. The van der Waals surface area contributed by atoms with Crippen molar-refractivity contribution in [2.24, 2.45) is 0 Å². The average molecular weight is 378 g/mol. The fraction of sp³-hybridized carbons (Fsp3) is 0.0588. The van der Waals surface area contributed by atoms with E-state index in [2.05, 4.69) is 10.4 Å². The smallest absolute Gasteiger partial charge is 0.276 e. The van der Waals surface area contributed by atoms with Gasteiger partial charge >= 0.3 is 0 Å². The van der Waals surface area contributed by atoms with E-state index in [-0.39, 0.29) is 18.2 Å². The number of nitrogens with zero attached hydrogens (tertiary/aromatic N) is 2. The number of benzene rings is 2. The number of phenols is 1. The molecule has 0 saturated heterocycles. The van der Waals surface area contributed by atoms with Gasteiger partial charge in [-0.1, -0.05) is 35.3 Å². The summed E-state index contributed by atoms with van der Waals surface area (Å²) in [6.45, 7) is 0.0689. The van der Waals surface area contributed by atoms with E-state index in [1.165, 1.54) is 16.8 Å².